The van der Waals surface area contributed by atoms with Gasteiger partial charge in [-0.15, -0.1) is 0 Å². The summed E-state index contributed by atoms with van der Waals surface area (Å²) < 4.78 is 0. The van der Waals surface area contributed by atoms with Crippen molar-refractivity contribution in [1.82, 2.24) is 15.3 Å². The second-order valence-corrected chi connectivity index (χ2v) is 4.04. The molecule has 5 heteroatoms. The Bertz CT molecular complexity index is 187. The summed E-state index contributed by atoms with van der Waals surface area (Å²) in [6.07, 6.45) is 1.99. The Morgan fingerprint density at radius 1 is 1.50 bits per heavy atom. The van der Waals surface area contributed by atoms with Gasteiger partial charge in [0.1, 0.15) is 0 Å². The molecule has 0 saturated carbocycles. The summed E-state index contributed by atoms with van der Waals surface area (Å²) in [7, 11) is 3.62. The molecule has 1 aliphatic rings. The van der Waals surface area contributed by atoms with Crippen LogP contribution in [0.2, 0.25) is 0 Å². The Hall–Kier alpha value is -0.650. The van der Waals surface area contributed by atoms with Crippen molar-refractivity contribution in [2.75, 3.05) is 33.7 Å². The number of amides is 1. The van der Waals surface area contributed by atoms with Gasteiger partial charge in [0.2, 0.25) is 5.91 Å². The van der Waals surface area contributed by atoms with Crippen LogP contribution in [0.25, 0.3) is 0 Å². The molecule has 0 aromatic rings. The van der Waals surface area contributed by atoms with Crippen LogP contribution in [0, 0.1) is 0 Å². The third-order valence-electron chi connectivity index (χ3n) is 2.35. The van der Waals surface area contributed by atoms with Crippen molar-refractivity contribution in [2.24, 2.45) is 5.73 Å². The van der Waals surface area contributed by atoms with E-state index in [4.69, 9.17) is 5.73 Å². The average Bonchev–Trinajstić information content (AvgIpc) is 2.07. The Labute approximate surface area is 85.2 Å². The third kappa shape index (κ3) is 4.04. The Morgan fingerprint density at radius 3 is 2.57 bits per heavy atom. The Morgan fingerprint density at radius 2 is 2.07 bits per heavy atom. The van der Waals surface area contributed by atoms with Crippen molar-refractivity contribution in [3.8, 4) is 0 Å². The van der Waals surface area contributed by atoms with Gasteiger partial charge in [0.05, 0.1) is 6.54 Å². The molecule has 0 spiro atoms. The van der Waals surface area contributed by atoms with Gasteiger partial charge in [-0.3, -0.25) is 15.1 Å². The summed E-state index contributed by atoms with van der Waals surface area (Å²) in [5.41, 5.74) is 8.50. The van der Waals surface area contributed by atoms with Crippen molar-refractivity contribution in [3.63, 3.8) is 0 Å². The van der Waals surface area contributed by atoms with Gasteiger partial charge in [0, 0.05) is 33.2 Å². The molecule has 0 aliphatic carbocycles. The maximum absolute atomic E-state index is 11.4. The van der Waals surface area contributed by atoms with Gasteiger partial charge in [-0.25, -0.2) is 5.01 Å². The zero-order valence-electron chi connectivity index (χ0n) is 8.99. The third-order valence-corrected chi connectivity index (χ3v) is 2.35. The van der Waals surface area contributed by atoms with Crippen molar-refractivity contribution < 1.29 is 4.79 Å². The molecule has 0 aromatic heterocycles. The highest BCUT2D eigenvalue weighted by molar-refractivity contribution is 5.77. The molecule has 1 rings (SSSR count). The van der Waals surface area contributed by atoms with Crippen LogP contribution in [-0.4, -0.2) is 55.6 Å². The van der Waals surface area contributed by atoms with Crippen molar-refractivity contribution in [1.29, 1.82) is 0 Å². The molecule has 1 fully saturated rings. The van der Waals surface area contributed by atoms with Crippen molar-refractivity contribution >= 4 is 5.91 Å². The van der Waals surface area contributed by atoms with Crippen LogP contribution < -0.4 is 11.2 Å². The van der Waals surface area contributed by atoms with Crippen LogP contribution in [0.1, 0.15) is 12.8 Å². The van der Waals surface area contributed by atoms with E-state index in [2.05, 4.69) is 10.3 Å². The van der Waals surface area contributed by atoms with Gasteiger partial charge in [-0.05, 0) is 12.8 Å². The van der Waals surface area contributed by atoms with Gasteiger partial charge < -0.3 is 5.73 Å². The molecular weight excluding hydrogens is 180 g/mol. The molecule has 82 valence electrons. The van der Waals surface area contributed by atoms with Gasteiger partial charge in [0.25, 0.3) is 0 Å². The molecule has 0 aromatic carbocycles. The lowest BCUT2D eigenvalue weighted by atomic mass is 10.1. The number of nitrogens with one attached hydrogen (secondary N) is 1. The van der Waals surface area contributed by atoms with E-state index in [9.17, 15) is 4.79 Å². The Kier molecular flexibility index (Phi) is 4.31. The first-order chi connectivity index (χ1) is 6.58. The molecule has 0 unspecified atom stereocenters. The summed E-state index contributed by atoms with van der Waals surface area (Å²) in [4.78, 5) is 13.5. The predicted octanol–water partition coefficient (Wildman–Crippen LogP) is -0.998. The monoisotopic (exact) mass is 200 g/mol. The number of nitrogens with zero attached hydrogens (tertiary/aromatic N) is 2. The Balaban J connectivity index is 2.20. The van der Waals surface area contributed by atoms with E-state index >= 15 is 0 Å². The minimum absolute atomic E-state index is 0.0467. The number of nitrogens with two attached hydrogens (primary N) is 1. The molecule has 1 aliphatic heterocycles. The molecule has 1 heterocycles. The summed E-state index contributed by atoms with van der Waals surface area (Å²) >= 11 is 0. The highest BCUT2D eigenvalue weighted by atomic mass is 16.2. The number of hydrogen-bond acceptors (Lipinski definition) is 4. The van der Waals surface area contributed by atoms with E-state index in [-0.39, 0.29) is 5.91 Å². The SMILES string of the molecule is CN(C)NC(=O)CN1CCC(N)CC1. The van der Waals surface area contributed by atoms with Crippen LogP contribution >= 0.6 is 0 Å². The highest BCUT2D eigenvalue weighted by Crippen LogP contribution is 2.06. The van der Waals surface area contributed by atoms with Crippen LogP contribution in [-0.2, 0) is 4.79 Å². The number of piperidine rings is 1. The summed E-state index contributed by atoms with van der Waals surface area (Å²) in [5.74, 6) is 0.0467. The number of carbonyl (C=O) groups excluding carboxylic acids is 1. The molecule has 0 radical (unpaired) electrons. The lowest BCUT2D eigenvalue weighted by Gasteiger charge is -2.29. The second kappa shape index (κ2) is 5.29. The molecule has 0 atom stereocenters. The molecule has 5 nitrogen and oxygen atoms in total. The molecule has 1 amide bonds. The lowest BCUT2D eigenvalue weighted by Crippen LogP contribution is -2.47. The van der Waals surface area contributed by atoms with E-state index in [1.54, 1.807) is 5.01 Å². The van der Waals surface area contributed by atoms with E-state index < -0.39 is 0 Å². The van der Waals surface area contributed by atoms with Crippen LogP contribution in [0.4, 0.5) is 0 Å². The maximum Gasteiger partial charge on any atom is 0.248 e. The average molecular weight is 200 g/mol. The van der Waals surface area contributed by atoms with Crippen molar-refractivity contribution in [3.05, 3.63) is 0 Å². The highest BCUT2D eigenvalue weighted by Gasteiger charge is 2.17. The van der Waals surface area contributed by atoms with Gasteiger partial charge in [-0.2, -0.15) is 0 Å². The van der Waals surface area contributed by atoms with Gasteiger partial charge >= 0.3 is 0 Å². The quantitative estimate of drug-likeness (QED) is 0.574. The minimum Gasteiger partial charge on any atom is -0.328 e. The second-order valence-electron chi connectivity index (χ2n) is 4.04. The minimum atomic E-state index is 0.0467. The first-order valence-corrected chi connectivity index (χ1v) is 5.02. The topological polar surface area (TPSA) is 61.6 Å². The van der Waals surface area contributed by atoms with E-state index in [0.717, 1.165) is 25.9 Å². The van der Waals surface area contributed by atoms with Gasteiger partial charge in [0.15, 0.2) is 0 Å². The predicted molar refractivity (Wildman–Crippen MR) is 55.5 cm³/mol. The standard InChI is InChI=1S/C9H20N4O/c1-12(2)11-9(14)7-13-5-3-8(10)4-6-13/h8H,3-7,10H2,1-2H3,(H,11,14). The normalized spacial score (nSPS) is 20.0. The van der Waals surface area contributed by atoms with Crippen LogP contribution in [0.15, 0.2) is 0 Å². The fourth-order valence-electron chi connectivity index (χ4n) is 1.60. The fourth-order valence-corrected chi connectivity index (χ4v) is 1.60. The molecule has 14 heavy (non-hydrogen) atoms. The molecular formula is C9H20N4O. The molecule has 1 saturated heterocycles. The number of hydrogen-bond donors (Lipinski definition) is 2. The maximum atomic E-state index is 11.4. The summed E-state index contributed by atoms with van der Waals surface area (Å²) in [5, 5.41) is 1.66. The van der Waals surface area contributed by atoms with Crippen molar-refractivity contribution in [2.45, 2.75) is 18.9 Å². The van der Waals surface area contributed by atoms with E-state index in [1.807, 2.05) is 14.1 Å². The largest absolute Gasteiger partial charge is 0.328 e. The molecule has 0 bridgehead atoms. The first kappa shape index (κ1) is 11.4. The fraction of sp³-hybridized carbons (Fsp3) is 0.889. The van der Waals surface area contributed by atoms with Gasteiger partial charge in [-0.1, -0.05) is 0 Å². The van der Waals surface area contributed by atoms with E-state index in [1.165, 1.54) is 0 Å². The number of hydrazine groups is 1. The summed E-state index contributed by atoms with van der Waals surface area (Å²) in [6.45, 7) is 2.34. The first-order valence-electron chi connectivity index (χ1n) is 5.02. The zero-order chi connectivity index (χ0) is 10.6. The smallest absolute Gasteiger partial charge is 0.248 e. The summed E-state index contributed by atoms with van der Waals surface area (Å²) in [6, 6.07) is 0.322. The zero-order valence-corrected chi connectivity index (χ0v) is 8.99. The lowest BCUT2D eigenvalue weighted by molar-refractivity contribution is -0.126. The number of carbonyl (C=O) groups is 1. The van der Waals surface area contributed by atoms with Crippen LogP contribution in [0.5, 0.6) is 0 Å². The molecule has 3 N–H and O–H groups in total. The van der Waals surface area contributed by atoms with Crippen LogP contribution in [0.3, 0.4) is 0 Å². The number of likely N-dealkylation sites (tertiary alicyclic amines) is 1. The van der Waals surface area contributed by atoms with E-state index in [0.29, 0.717) is 12.6 Å². The number of rotatable bonds is 3.